The van der Waals surface area contributed by atoms with Crippen LogP contribution in [0.3, 0.4) is 0 Å². The molecule has 0 aliphatic carbocycles. The first-order valence-electron chi connectivity index (χ1n) is 8.67. The van der Waals surface area contributed by atoms with Crippen molar-refractivity contribution in [2.24, 2.45) is 5.16 Å². The molecule has 0 bridgehead atoms. The van der Waals surface area contributed by atoms with E-state index in [2.05, 4.69) is 11.2 Å². The average molecular weight is 480 g/mol. The van der Waals surface area contributed by atoms with Crippen molar-refractivity contribution in [1.82, 2.24) is 0 Å². The molecule has 0 aliphatic rings. The van der Waals surface area contributed by atoms with Crippen LogP contribution in [0.25, 0.3) is 0 Å². The Morgan fingerprint density at radius 1 is 0.867 bits per heavy atom. The third kappa shape index (κ3) is 5.81. The summed E-state index contributed by atoms with van der Waals surface area (Å²) in [5.74, 6) is 0.338. The summed E-state index contributed by atoms with van der Waals surface area (Å²) in [7, 11) is 0. The summed E-state index contributed by atoms with van der Waals surface area (Å²) in [5.41, 5.74) is 2.68. The summed E-state index contributed by atoms with van der Waals surface area (Å²) < 4.78 is 5.74. The van der Waals surface area contributed by atoms with E-state index in [1.165, 1.54) is 6.21 Å². The quantitative estimate of drug-likeness (QED) is 0.264. The summed E-state index contributed by atoms with van der Waals surface area (Å²) in [6.45, 7) is 0.356. The van der Waals surface area contributed by atoms with Crippen molar-refractivity contribution >= 4 is 52.6 Å². The average Bonchev–Trinajstić information content (AvgIpc) is 2.72. The van der Waals surface area contributed by atoms with Gasteiger partial charge in [-0.05, 0) is 35.9 Å². The lowest BCUT2D eigenvalue weighted by atomic mass is 10.1. The normalized spacial score (nSPS) is 10.8. The molecule has 0 spiro atoms. The molecule has 0 heterocycles. The van der Waals surface area contributed by atoms with Crippen LogP contribution < -0.4 is 4.74 Å². The van der Waals surface area contributed by atoms with Crippen molar-refractivity contribution in [3.05, 3.63) is 96.9 Å². The number of nitriles is 1. The molecule has 0 aromatic heterocycles. The van der Waals surface area contributed by atoms with Gasteiger partial charge in [0.25, 0.3) is 0 Å². The maximum Gasteiger partial charge on any atom is 0.157 e. The summed E-state index contributed by atoms with van der Waals surface area (Å²) >= 11 is 24.7. The van der Waals surface area contributed by atoms with Gasteiger partial charge in [-0.2, -0.15) is 5.26 Å². The number of ether oxygens (including phenoxy) is 1. The van der Waals surface area contributed by atoms with E-state index in [0.717, 1.165) is 11.1 Å². The van der Waals surface area contributed by atoms with Crippen molar-refractivity contribution < 1.29 is 9.57 Å². The Bertz CT molecular complexity index is 1100. The van der Waals surface area contributed by atoms with E-state index in [0.29, 0.717) is 37.0 Å². The molecule has 3 rings (SSSR count). The smallest absolute Gasteiger partial charge is 0.157 e. The molecule has 0 atom stereocenters. The van der Waals surface area contributed by atoms with Crippen LogP contribution >= 0.6 is 46.4 Å². The van der Waals surface area contributed by atoms with E-state index in [4.69, 9.17) is 61.2 Å². The Kier molecular flexibility index (Phi) is 7.84. The number of nitrogens with zero attached hydrogens (tertiary/aromatic N) is 2. The lowest BCUT2D eigenvalue weighted by Crippen LogP contribution is -1.98. The Labute approximate surface area is 194 Å². The number of oxime groups is 1. The van der Waals surface area contributed by atoms with Gasteiger partial charge in [-0.1, -0.05) is 75.8 Å². The predicted molar refractivity (Wildman–Crippen MR) is 121 cm³/mol. The van der Waals surface area contributed by atoms with Crippen LogP contribution in [-0.2, 0) is 18.1 Å². The fraction of sp³-hybridized carbons (Fsp3) is 0.0909. The van der Waals surface area contributed by atoms with Crippen molar-refractivity contribution in [3.63, 3.8) is 0 Å². The molecule has 0 N–H and O–H groups in total. The highest BCUT2D eigenvalue weighted by Crippen LogP contribution is 2.35. The number of hydrogen-bond donors (Lipinski definition) is 0. The van der Waals surface area contributed by atoms with Gasteiger partial charge in [-0.25, -0.2) is 0 Å². The summed E-state index contributed by atoms with van der Waals surface area (Å²) in [4.78, 5) is 5.28. The number of hydrogen-bond acceptors (Lipinski definition) is 4. The van der Waals surface area contributed by atoms with E-state index in [1.54, 1.807) is 48.5 Å². The standard InChI is InChI=1S/C22H14Cl4N2O2/c23-18-6-5-17(19(24)9-18)12-29-22-20(25)7-14(8-21(22)26)11-28-30-13-16-4-2-1-3-15(16)10-27/h1-9,11H,12-13H2/b28-11-. The third-order valence-electron chi connectivity index (χ3n) is 4.04. The van der Waals surface area contributed by atoms with Gasteiger partial charge < -0.3 is 9.57 Å². The first kappa shape index (κ1) is 22.3. The van der Waals surface area contributed by atoms with Crippen molar-refractivity contribution in [2.45, 2.75) is 13.2 Å². The lowest BCUT2D eigenvalue weighted by Gasteiger charge is -2.12. The molecule has 3 aromatic rings. The highest BCUT2D eigenvalue weighted by molar-refractivity contribution is 6.37. The second-order valence-electron chi connectivity index (χ2n) is 6.11. The summed E-state index contributed by atoms with van der Waals surface area (Å²) in [6.07, 6.45) is 1.48. The molecule has 152 valence electrons. The predicted octanol–water partition coefficient (Wildman–Crippen LogP) is 7.30. The van der Waals surface area contributed by atoms with Gasteiger partial charge in [0, 0.05) is 21.2 Å². The number of halogens is 4. The largest absolute Gasteiger partial charge is 0.486 e. The Balaban J connectivity index is 1.64. The summed E-state index contributed by atoms with van der Waals surface area (Å²) in [5, 5.41) is 14.7. The number of rotatable bonds is 7. The Hall–Kier alpha value is -2.42. The van der Waals surface area contributed by atoms with Crippen molar-refractivity contribution in [2.75, 3.05) is 0 Å². The molecule has 0 amide bonds. The maximum atomic E-state index is 9.09. The van der Waals surface area contributed by atoms with E-state index >= 15 is 0 Å². The van der Waals surface area contributed by atoms with E-state index in [-0.39, 0.29) is 13.2 Å². The first-order valence-corrected chi connectivity index (χ1v) is 10.2. The third-order valence-corrected chi connectivity index (χ3v) is 5.19. The van der Waals surface area contributed by atoms with Crippen LogP contribution in [0.1, 0.15) is 22.3 Å². The van der Waals surface area contributed by atoms with Crippen LogP contribution in [0.15, 0.2) is 59.8 Å². The van der Waals surface area contributed by atoms with Gasteiger partial charge in [-0.3, -0.25) is 0 Å². The molecule has 0 fully saturated rings. The minimum Gasteiger partial charge on any atom is -0.486 e. The van der Waals surface area contributed by atoms with Crippen LogP contribution in [0.4, 0.5) is 0 Å². The highest BCUT2D eigenvalue weighted by Gasteiger charge is 2.11. The summed E-state index contributed by atoms with van der Waals surface area (Å²) in [6, 6.07) is 17.7. The van der Waals surface area contributed by atoms with Crippen LogP contribution in [0.2, 0.25) is 20.1 Å². The second-order valence-corrected chi connectivity index (χ2v) is 7.77. The van der Waals surface area contributed by atoms with Gasteiger partial charge in [0.05, 0.1) is 27.9 Å². The van der Waals surface area contributed by atoms with Crippen molar-refractivity contribution in [3.8, 4) is 11.8 Å². The van der Waals surface area contributed by atoms with Gasteiger partial charge in [0.15, 0.2) is 5.75 Å². The zero-order valence-electron chi connectivity index (χ0n) is 15.4. The SMILES string of the molecule is N#Cc1ccccc1CO/N=C\c1cc(Cl)c(OCc2ccc(Cl)cc2Cl)c(Cl)c1. The molecule has 0 aliphatic heterocycles. The molecule has 30 heavy (non-hydrogen) atoms. The van der Waals surface area contributed by atoms with Crippen LogP contribution in [0, 0.1) is 11.3 Å². The van der Waals surface area contributed by atoms with E-state index in [9.17, 15) is 0 Å². The molecular weight excluding hydrogens is 466 g/mol. The highest BCUT2D eigenvalue weighted by atomic mass is 35.5. The fourth-order valence-electron chi connectivity index (χ4n) is 2.54. The van der Waals surface area contributed by atoms with Crippen LogP contribution in [0.5, 0.6) is 5.75 Å². The van der Waals surface area contributed by atoms with Gasteiger partial charge >= 0.3 is 0 Å². The van der Waals surface area contributed by atoms with Crippen LogP contribution in [-0.4, -0.2) is 6.21 Å². The molecule has 0 unspecified atom stereocenters. The van der Waals surface area contributed by atoms with Crippen molar-refractivity contribution in [1.29, 1.82) is 5.26 Å². The Morgan fingerprint density at radius 3 is 2.30 bits per heavy atom. The molecule has 0 radical (unpaired) electrons. The zero-order valence-corrected chi connectivity index (χ0v) is 18.4. The monoisotopic (exact) mass is 478 g/mol. The minimum absolute atomic E-state index is 0.171. The molecule has 3 aromatic carbocycles. The fourth-order valence-corrected chi connectivity index (χ4v) is 3.62. The molecule has 8 heteroatoms. The van der Waals surface area contributed by atoms with Gasteiger partial charge in [-0.15, -0.1) is 0 Å². The van der Waals surface area contributed by atoms with Gasteiger partial charge in [0.1, 0.15) is 13.2 Å². The minimum atomic E-state index is 0.171. The van der Waals surface area contributed by atoms with E-state index in [1.807, 2.05) is 6.07 Å². The Morgan fingerprint density at radius 2 is 1.60 bits per heavy atom. The molecule has 0 saturated heterocycles. The molecule has 4 nitrogen and oxygen atoms in total. The topological polar surface area (TPSA) is 54.6 Å². The first-order chi connectivity index (χ1) is 14.5. The second kappa shape index (κ2) is 10.6. The van der Waals surface area contributed by atoms with Gasteiger partial charge in [0.2, 0.25) is 0 Å². The van der Waals surface area contributed by atoms with E-state index < -0.39 is 0 Å². The zero-order chi connectivity index (χ0) is 21.5. The molecule has 0 saturated carbocycles. The lowest BCUT2D eigenvalue weighted by molar-refractivity contribution is 0.132. The maximum absolute atomic E-state index is 9.09. The number of benzene rings is 3. The molecular formula is C22H14Cl4N2O2.